The molecule has 2 amide bonds. The van der Waals surface area contributed by atoms with Crippen LogP contribution in [0.1, 0.15) is 51.9 Å². The summed E-state index contributed by atoms with van der Waals surface area (Å²) in [5.41, 5.74) is 0.374. The Morgan fingerprint density at radius 1 is 1.17 bits per heavy atom. The first kappa shape index (κ1) is 14.8. The molecule has 1 rings (SSSR count). The molecule has 0 atom stereocenters. The number of unbranched alkanes of at least 4 members (excludes halogenated alkanes) is 2. The lowest BCUT2D eigenvalue weighted by atomic mass is 10.0. The number of hydrogen-bond acceptors (Lipinski definition) is 2. The Kier molecular flexibility index (Phi) is 5.95. The van der Waals surface area contributed by atoms with Gasteiger partial charge in [0, 0.05) is 19.5 Å². The van der Waals surface area contributed by atoms with Gasteiger partial charge in [-0.05, 0) is 37.5 Å². The van der Waals surface area contributed by atoms with E-state index < -0.39 is 5.97 Å². The van der Waals surface area contributed by atoms with E-state index >= 15 is 0 Å². The number of carbonyl (C=O) groups is 2. The quantitative estimate of drug-likeness (QED) is 0.553. The monoisotopic (exact) mass is 256 g/mol. The van der Waals surface area contributed by atoms with Crippen LogP contribution in [-0.2, 0) is 4.79 Å². The highest BCUT2D eigenvalue weighted by atomic mass is 16.4. The molecule has 0 aliphatic heterocycles. The van der Waals surface area contributed by atoms with Gasteiger partial charge in [0.1, 0.15) is 0 Å². The lowest BCUT2D eigenvalue weighted by Crippen LogP contribution is -2.39. The summed E-state index contributed by atoms with van der Waals surface area (Å²) in [5, 5.41) is 14.2. The second-order valence-corrected chi connectivity index (χ2v) is 5.17. The number of nitrogens with one attached hydrogen (secondary N) is 2. The number of carbonyl (C=O) groups excluding carboxylic acids is 1. The molecule has 18 heavy (non-hydrogen) atoms. The lowest BCUT2D eigenvalue weighted by Gasteiger charge is -2.13. The SMILES string of the molecule is CCC1(CNC(=O)NCCCCCC(=O)O)CC1. The molecule has 1 aliphatic carbocycles. The standard InChI is InChI=1S/C13H24N2O3/c1-2-13(7-8-13)10-15-12(18)14-9-5-3-4-6-11(16)17/h2-10H2,1H3,(H,16,17)(H2,14,15,18). The van der Waals surface area contributed by atoms with Crippen molar-refractivity contribution in [3.05, 3.63) is 0 Å². The molecule has 5 heteroatoms. The normalized spacial score (nSPS) is 16.1. The minimum Gasteiger partial charge on any atom is -0.481 e. The third-order valence-electron chi connectivity index (χ3n) is 3.68. The highest BCUT2D eigenvalue weighted by Gasteiger charge is 2.40. The van der Waals surface area contributed by atoms with Gasteiger partial charge in [-0.25, -0.2) is 4.79 Å². The predicted octanol–water partition coefficient (Wildman–Crippen LogP) is 2.12. The molecule has 0 aromatic rings. The summed E-state index contributed by atoms with van der Waals surface area (Å²) in [5.74, 6) is -0.755. The zero-order valence-electron chi connectivity index (χ0n) is 11.1. The van der Waals surface area contributed by atoms with Crippen LogP contribution in [0, 0.1) is 5.41 Å². The van der Waals surface area contributed by atoms with Gasteiger partial charge in [-0.15, -0.1) is 0 Å². The van der Waals surface area contributed by atoms with E-state index in [4.69, 9.17) is 5.11 Å². The summed E-state index contributed by atoms with van der Waals surface area (Å²) in [4.78, 5) is 21.7. The Hall–Kier alpha value is -1.26. The van der Waals surface area contributed by atoms with Crippen molar-refractivity contribution >= 4 is 12.0 Å². The van der Waals surface area contributed by atoms with Crippen LogP contribution >= 0.6 is 0 Å². The first-order chi connectivity index (χ1) is 8.58. The molecular formula is C13H24N2O3. The van der Waals surface area contributed by atoms with E-state index in [1.165, 1.54) is 12.8 Å². The van der Waals surface area contributed by atoms with Crippen LogP contribution in [0.5, 0.6) is 0 Å². The van der Waals surface area contributed by atoms with Crippen molar-refractivity contribution in [2.24, 2.45) is 5.41 Å². The number of carboxylic acids is 1. The third kappa shape index (κ3) is 5.89. The van der Waals surface area contributed by atoms with Crippen molar-refractivity contribution in [2.45, 2.75) is 51.9 Å². The highest BCUT2D eigenvalue weighted by Crippen LogP contribution is 2.47. The van der Waals surface area contributed by atoms with Crippen LogP contribution in [-0.4, -0.2) is 30.2 Å². The third-order valence-corrected chi connectivity index (χ3v) is 3.68. The fraction of sp³-hybridized carbons (Fsp3) is 0.846. The summed E-state index contributed by atoms with van der Waals surface area (Å²) < 4.78 is 0. The Morgan fingerprint density at radius 3 is 2.44 bits per heavy atom. The average molecular weight is 256 g/mol. The topological polar surface area (TPSA) is 78.4 Å². The molecule has 3 N–H and O–H groups in total. The number of hydrogen-bond donors (Lipinski definition) is 3. The summed E-state index contributed by atoms with van der Waals surface area (Å²) in [6.45, 7) is 3.55. The minimum absolute atomic E-state index is 0.104. The number of urea groups is 1. The van der Waals surface area contributed by atoms with E-state index in [1.54, 1.807) is 0 Å². The van der Waals surface area contributed by atoms with Crippen molar-refractivity contribution in [3.63, 3.8) is 0 Å². The summed E-state index contributed by atoms with van der Waals surface area (Å²) >= 11 is 0. The molecule has 0 unspecified atom stereocenters. The Balaban J connectivity index is 1.92. The average Bonchev–Trinajstić information content (AvgIpc) is 3.11. The van der Waals surface area contributed by atoms with Gasteiger partial charge in [0.05, 0.1) is 0 Å². The molecule has 0 aromatic heterocycles. The van der Waals surface area contributed by atoms with Gasteiger partial charge in [-0.2, -0.15) is 0 Å². The van der Waals surface area contributed by atoms with Gasteiger partial charge in [-0.1, -0.05) is 13.3 Å². The van der Waals surface area contributed by atoms with Crippen molar-refractivity contribution < 1.29 is 14.7 Å². The number of carboxylic acid groups (broad SMARTS) is 1. The summed E-state index contributed by atoms with van der Waals surface area (Å²) in [6.07, 6.45) is 6.13. The zero-order valence-corrected chi connectivity index (χ0v) is 11.1. The molecule has 0 saturated heterocycles. The van der Waals surface area contributed by atoms with Crippen LogP contribution < -0.4 is 10.6 Å². The van der Waals surface area contributed by atoms with Crippen LogP contribution in [0.25, 0.3) is 0 Å². The summed E-state index contributed by atoms with van der Waals surface area (Å²) in [6, 6.07) is -0.104. The van der Waals surface area contributed by atoms with Gasteiger partial charge in [0.15, 0.2) is 0 Å². The fourth-order valence-corrected chi connectivity index (χ4v) is 1.94. The molecule has 1 saturated carbocycles. The van der Waals surface area contributed by atoms with Crippen LogP contribution in [0.2, 0.25) is 0 Å². The van der Waals surface area contributed by atoms with Gasteiger partial charge >= 0.3 is 12.0 Å². The predicted molar refractivity (Wildman–Crippen MR) is 69.5 cm³/mol. The lowest BCUT2D eigenvalue weighted by molar-refractivity contribution is -0.137. The van der Waals surface area contributed by atoms with Gasteiger partial charge in [0.25, 0.3) is 0 Å². The molecule has 5 nitrogen and oxygen atoms in total. The summed E-state index contributed by atoms with van der Waals surface area (Å²) in [7, 11) is 0. The van der Waals surface area contributed by atoms with Crippen molar-refractivity contribution in [2.75, 3.05) is 13.1 Å². The first-order valence-corrected chi connectivity index (χ1v) is 6.81. The van der Waals surface area contributed by atoms with Crippen LogP contribution in [0.4, 0.5) is 4.79 Å². The number of aliphatic carboxylic acids is 1. The molecule has 1 fully saturated rings. The van der Waals surface area contributed by atoms with E-state index in [0.717, 1.165) is 25.8 Å². The Morgan fingerprint density at radius 2 is 1.89 bits per heavy atom. The van der Waals surface area contributed by atoms with Crippen LogP contribution in [0.15, 0.2) is 0 Å². The van der Waals surface area contributed by atoms with Crippen molar-refractivity contribution in [1.82, 2.24) is 10.6 Å². The second kappa shape index (κ2) is 7.24. The van der Waals surface area contributed by atoms with Crippen molar-refractivity contribution in [1.29, 1.82) is 0 Å². The molecule has 0 spiro atoms. The largest absolute Gasteiger partial charge is 0.481 e. The number of amides is 2. The highest BCUT2D eigenvalue weighted by molar-refractivity contribution is 5.73. The van der Waals surface area contributed by atoms with E-state index in [2.05, 4.69) is 17.6 Å². The molecule has 0 bridgehead atoms. The zero-order chi connectivity index (χ0) is 13.4. The maximum atomic E-state index is 11.5. The van der Waals surface area contributed by atoms with E-state index in [1.807, 2.05) is 0 Å². The van der Waals surface area contributed by atoms with Gasteiger partial charge < -0.3 is 15.7 Å². The van der Waals surface area contributed by atoms with E-state index in [0.29, 0.717) is 18.4 Å². The Bertz CT molecular complexity index is 288. The van der Waals surface area contributed by atoms with Gasteiger partial charge in [-0.3, -0.25) is 4.79 Å². The molecule has 0 radical (unpaired) electrons. The maximum absolute atomic E-state index is 11.5. The maximum Gasteiger partial charge on any atom is 0.314 e. The van der Waals surface area contributed by atoms with Crippen LogP contribution in [0.3, 0.4) is 0 Å². The number of rotatable bonds is 9. The smallest absolute Gasteiger partial charge is 0.314 e. The Labute approximate surface area is 108 Å². The van der Waals surface area contributed by atoms with E-state index in [-0.39, 0.29) is 12.5 Å². The molecule has 104 valence electrons. The fourth-order valence-electron chi connectivity index (χ4n) is 1.94. The van der Waals surface area contributed by atoms with E-state index in [9.17, 15) is 9.59 Å². The minimum atomic E-state index is -0.755. The van der Waals surface area contributed by atoms with Gasteiger partial charge in [0.2, 0.25) is 0 Å². The molecule has 0 heterocycles. The molecular weight excluding hydrogens is 232 g/mol. The second-order valence-electron chi connectivity index (χ2n) is 5.17. The first-order valence-electron chi connectivity index (χ1n) is 6.81. The molecule has 0 aromatic carbocycles. The molecule has 1 aliphatic rings. The van der Waals surface area contributed by atoms with Crippen molar-refractivity contribution in [3.8, 4) is 0 Å².